The summed E-state index contributed by atoms with van der Waals surface area (Å²) in [6.45, 7) is 6.19. The zero-order chi connectivity index (χ0) is 12.6. The highest BCUT2D eigenvalue weighted by molar-refractivity contribution is 5.93. The van der Waals surface area contributed by atoms with Gasteiger partial charge in [0.05, 0.1) is 5.54 Å². The van der Waals surface area contributed by atoms with Crippen molar-refractivity contribution in [1.82, 2.24) is 10.6 Å². The molecule has 0 aromatic carbocycles. The van der Waals surface area contributed by atoms with Gasteiger partial charge in [0.15, 0.2) is 0 Å². The molecule has 0 aliphatic heterocycles. The second-order valence-corrected chi connectivity index (χ2v) is 4.11. The van der Waals surface area contributed by atoms with Gasteiger partial charge in [0, 0.05) is 0 Å². The molecule has 0 unspecified atom stereocenters. The van der Waals surface area contributed by atoms with E-state index < -0.39 is 5.54 Å². The molecule has 0 saturated heterocycles. The number of hydrogen-bond donors (Lipinski definition) is 2. The minimum Gasteiger partial charge on any atom is -0.306 e. The van der Waals surface area contributed by atoms with Gasteiger partial charge in [-0.3, -0.25) is 14.9 Å². The van der Waals surface area contributed by atoms with E-state index >= 15 is 0 Å². The third kappa shape index (κ3) is 3.59. The number of likely N-dealkylation sites (N-methyl/N-ethyl adjacent to an activating group) is 1. The van der Waals surface area contributed by atoms with Crippen molar-refractivity contribution < 1.29 is 9.59 Å². The van der Waals surface area contributed by atoms with E-state index in [0.717, 1.165) is 25.7 Å². The fourth-order valence-electron chi connectivity index (χ4n) is 2.04. The van der Waals surface area contributed by atoms with Gasteiger partial charge in [-0.25, -0.2) is 0 Å². The van der Waals surface area contributed by atoms with E-state index in [0.29, 0.717) is 12.3 Å². The molecule has 0 atom stereocenters. The van der Waals surface area contributed by atoms with Crippen LogP contribution in [0.4, 0.5) is 0 Å². The Morgan fingerprint density at radius 2 is 1.81 bits per heavy atom. The molecule has 94 valence electrons. The van der Waals surface area contributed by atoms with Gasteiger partial charge in [0.2, 0.25) is 12.3 Å². The molecule has 16 heavy (non-hydrogen) atoms. The average molecular weight is 228 g/mol. The zero-order valence-corrected chi connectivity index (χ0v) is 10.8. The van der Waals surface area contributed by atoms with E-state index in [9.17, 15) is 9.59 Å². The summed E-state index contributed by atoms with van der Waals surface area (Å²) in [5.41, 5.74) is -0.520. The summed E-state index contributed by atoms with van der Waals surface area (Å²) in [5.74, 6) is 0.488. The molecular weight excluding hydrogens is 204 g/mol. The lowest BCUT2D eigenvalue weighted by molar-refractivity contribution is -0.132. The molecule has 0 aromatic heterocycles. The first kappa shape index (κ1) is 15.1. The lowest BCUT2D eigenvalue weighted by Crippen LogP contribution is -2.57. The largest absolute Gasteiger partial charge is 0.306 e. The molecule has 4 nitrogen and oxygen atoms in total. The number of carbonyl (C=O) groups excluding carboxylic acids is 2. The van der Waals surface area contributed by atoms with Crippen molar-refractivity contribution in [3.05, 3.63) is 0 Å². The maximum Gasteiger partial charge on any atom is 0.246 e. The summed E-state index contributed by atoms with van der Waals surface area (Å²) in [4.78, 5) is 21.9. The highest BCUT2D eigenvalue weighted by Crippen LogP contribution is 2.31. The molecule has 0 heterocycles. The van der Waals surface area contributed by atoms with Gasteiger partial charge in [-0.1, -0.05) is 20.8 Å². The molecule has 0 aromatic rings. The Hall–Kier alpha value is -0.900. The monoisotopic (exact) mass is 228 g/mol. The standard InChI is InChI=1S/C10H18N2O2.C2H6/c1-8-3-5-10(11-2,6-4-8)9(14)12-7-13;1-2/h7-8,11H,3-6H2,1-2H3,(H,12,13,14);1-2H3. The molecule has 1 saturated carbocycles. The van der Waals surface area contributed by atoms with Gasteiger partial charge in [0.1, 0.15) is 0 Å². The van der Waals surface area contributed by atoms with Crippen LogP contribution in [0, 0.1) is 5.92 Å². The predicted molar refractivity (Wildman–Crippen MR) is 65.0 cm³/mol. The summed E-state index contributed by atoms with van der Waals surface area (Å²) in [6, 6.07) is 0. The highest BCUT2D eigenvalue weighted by atomic mass is 16.2. The summed E-state index contributed by atoms with van der Waals surface area (Å²) in [7, 11) is 1.78. The Balaban J connectivity index is 0.00000106. The van der Waals surface area contributed by atoms with Crippen LogP contribution in [0.2, 0.25) is 0 Å². The normalized spacial score (nSPS) is 28.6. The van der Waals surface area contributed by atoms with Crippen LogP contribution in [-0.2, 0) is 9.59 Å². The maximum absolute atomic E-state index is 11.7. The lowest BCUT2D eigenvalue weighted by atomic mass is 9.76. The van der Waals surface area contributed by atoms with Crippen molar-refractivity contribution in [3.8, 4) is 0 Å². The number of hydrogen-bond acceptors (Lipinski definition) is 3. The van der Waals surface area contributed by atoms with Gasteiger partial charge in [0.25, 0.3) is 0 Å². The van der Waals surface area contributed by atoms with Crippen LogP contribution in [0.3, 0.4) is 0 Å². The van der Waals surface area contributed by atoms with Crippen LogP contribution in [-0.4, -0.2) is 24.9 Å². The third-order valence-electron chi connectivity index (χ3n) is 3.23. The summed E-state index contributed by atoms with van der Waals surface area (Å²) in [5, 5.41) is 5.29. The molecule has 0 bridgehead atoms. The number of carbonyl (C=O) groups is 2. The third-order valence-corrected chi connectivity index (χ3v) is 3.23. The van der Waals surface area contributed by atoms with Crippen molar-refractivity contribution in [3.63, 3.8) is 0 Å². The van der Waals surface area contributed by atoms with Gasteiger partial charge < -0.3 is 5.32 Å². The Bertz CT molecular complexity index is 221. The van der Waals surface area contributed by atoms with E-state index in [2.05, 4.69) is 17.6 Å². The smallest absolute Gasteiger partial charge is 0.246 e. The molecule has 4 heteroatoms. The SMILES string of the molecule is CC.CNC1(C(=O)NC=O)CCC(C)CC1. The average Bonchev–Trinajstić information content (AvgIpc) is 2.33. The molecule has 1 rings (SSSR count). The quantitative estimate of drug-likeness (QED) is 0.719. The summed E-state index contributed by atoms with van der Waals surface area (Å²) < 4.78 is 0. The first-order valence-electron chi connectivity index (χ1n) is 6.08. The van der Waals surface area contributed by atoms with E-state index in [4.69, 9.17) is 0 Å². The number of rotatable bonds is 3. The van der Waals surface area contributed by atoms with Crippen LogP contribution < -0.4 is 10.6 Å². The molecule has 0 spiro atoms. The van der Waals surface area contributed by atoms with E-state index in [-0.39, 0.29) is 5.91 Å². The van der Waals surface area contributed by atoms with Crippen LogP contribution >= 0.6 is 0 Å². The first-order chi connectivity index (χ1) is 7.64. The van der Waals surface area contributed by atoms with Crippen LogP contribution in [0.25, 0.3) is 0 Å². The fraction of sp³-hybridized carbons (Fsp3) is 0.833. The molecule has 1 aliphatic rings. The second kappa shape index (κ2) is 7.39. The van der Waals surface area contributed by atoms with Crippen LogP contribution in [0.15, 0.2) is 0 Å². The number of imide groups is 1. The Morgan fingerprint density at radius 3 is 2.19 bits per heavy atom. The van der Waals surface area contributed by atoms with Gasteiger partial charge in [-0.05, 0) is 38.6 Å². The predicted octanol–water partition coefficient (Wildman–Crippen LogP) is 1.45. The number of nitrogens with one attached hydrogen (secondary N) is 2. The Morgan fingerprint density at radius 1 is 1.31 bits per heavy atom. The highest BCUT2D eigenvalue weighted by Gasteiger charge is 2.39. The molecule has 1 fully saturated rings. The van der Waals surface area contributed by atoms with Crippen LogP contribution in [0.1, 0.15) is 46.5 Å². The second-order valence-electron chi connectivity index (χ2n) is 4.11. The Labute approximate surface area is 98.2 Å². The van der Waals surface area contributed by atoms with Crippen molar-refractivity contribution in [1.29, 1.82) is 0 Å². The van der Waals surface area contributed by atoms with Gasteiger partial charge in [-0.15, -0.1) is 0 Å². The number of amides is 2. The minimum absolute atomic E-state index is 0.193. The summed E-state index contributed by atoms with van der Waals surface area (Å²) in [6.07, 6.45) is 4.15. The van der Waals surface area contributed by atoms with Crippen molar-refractivity contribution >= 4 is 12.3 Å². The lowest BCUT2D eigenvalue weighted by Gasteiger charge is -2.37. The van der Waals surface area contributed by atoms with Crippen molar-refractivity contribution in [2.75, 3.05) is 7.05 Å². The maximum atomic E-state index is 11.7. The molecule has 2 N–H and O–H groups in total. The molecule has 1 aliphatic carbocycles. The topological polar surface area (TPSA) is 58.2 Å². The Kier molecular flexibility index (Phi) is 6.97. The molecule has 2 amide bonds. The fourth-order valence-corrected chi connectivity index (χ4v) is 2.04. The minimum atomic E-state index is -0.520. The van der Waals surface area contributed by atoms with E-state index in [1.807, 2.05) is 13.8 Å². The molecular formula is C12H24N2O2. The van der Waals surface area contributed by atoms with E-state index in [1.165, 1.54) is 0 Å². The van der Waals surface area contributed by atoms with Crippen molar-refractivity contribution in [2.45, 2.75) is 52.0 Å². The van der Waals surface area contributed by atoms with Gasteiger partial charge in [-0.2, -0.15) is 0 Å². The van der Waals surface area contributed by atoms with Crippen molar-refractivity contribution in [2.24, 2.45) is 5.92 Å². The molecule has 0 radical (unpaired) electrons. The van der Waals surface area contributed by atoms with E-state index in [1.54, 1.807) is 7.05 Å². The van der Waals surface area contributed by atoms with Crippen LogP contribution in [0.5, 0.6) is 0 Å². The van der Waals surface area contributed by atoms with Gasteiger partial charge >= 0.3 is 0 Å². The first-order valence-corrected chi connectivity index (χ1v) is 6.08. The summed E-state index contributed by atoms with van der Waals surface area (Å²) >= 11 is 0. The zero-order valence-electron chi connectivity index (χ0n) is 10.8.